The highest BCUT2D eigenvalue weighted by Gasteiger charge is 2.10. The standard InChI is InChI=1S/C17H16N4O2S2/c22-15(21-16(23)18-9-13-7-4-8-24-13)11-25-17-19-10-14(20-17)12-5-2-1-3-6-12/h1-8,10H,9,11H2,(H,19,20)(H2,18,21,22,23). The zero-order valence-corrected chi connectivity index (χ0v) is 14.8. The SMILES string of the molecule is O=C(CSc1ncc(-c2ccccc2)[nH]1)NC(=O)NCc1cccs1. The van der Waals surface area contributed by atoms with Crippen molar-refractivity contribution in [3.8, 4) is 11.3 Å². The van der Waals surface area contributed by atoms with Gasteiger partial charge in [0.2, 0.25) is 5.91 Å². The molecule has 2 heterocycles. The molecule has 0 fully saturated rings. The molecule has 3 aromatic rings. The number of thioether (sulfide) groups is 1. The molecule has 0 aliphatic rings. The Morgan fingerprint density at radius 1 is 1.16 bits per heavy atom. The fraction of sp³-hybridized carbons (Fsp3) is 0.118. The number of hydrogen-bond donors (Lipinski definition) is 3. The first kappa shape index (κ1) is 17.2. The van der Waals surface area contributed by atoms with Gasteiger partial charge in [0.15, 0.2) is 5.16 Å². The number of benzene rings is 1. The number of nitrogens with one attached hydrogen (secondary N) is 3. The Morgan fingerprint density at radius 2 is 2.00 bits per heavy atom. The molecule has 3 amide bonds. The number of aromatic amines is 1. The first-order valence-electron chi connectivity index (χ1n) is 7.54. The summed E-state index contributed by atoms with van der Waals surface area (Å²) in [7, 11) is 0. The van der Waals surface area contributed by atoms with E-state index in [9.17, 15) is 9.59 Å². The van der Waals surface area contributed by atoms with Crippen molar-refractivity contribution in [2.75, 3.05) is 5.75 Å². The lowest BCUT2D eigenvalue weighted by Gasteiger charge is -2.05. The van der Waals surface area contributed by atoms with E-state index in [1.54, 1.807) is 17.5 Å². The predicted molar refractivity (Wildman–Crippen MR) is 99.4 cm³/mol. The number of aromatic nitrogens is 2. The van der Waals surface area contributed by atoms with Gasteiger partial charge in [0.1, 0.15) is 0 Å². The molecule has 3 rings (SSSR count). The van der Waals surface area contributed by atoms with Crippen molar-refractivity contribution in [1.82, 2.24) is 20.6 Å². The summed E-state index contributed by atoms with van der Waals surface area (Å²) in [6, 6.07) is 13.1. The van der Waals surface area contributed by atoms with Gasteiger partial charge in [-0.05, 0) is 17.0 Å². The molecule has 6 nitrogen and oxygen atoms in total. The molecule has 0 saturated carbocycles. The van der Waals surface area contributed by atoms with Crippen molar-refractivity contribution in [1.29, 1.82) is 0 Å². The highest BCUT2D eigenvalue weighted by atomic mass is 32.2. The van der Waals surface area contributed by atoms with E-state index >= 15 is 0 Å². The van der Waals surface area contributed by atoms with Gasteiger partial charge >= 0.3 is 6.03 Å². The molecule has 0 atom stereocenters. The second-order valence-electron chi connectivity index (χ2n) is 5.07. The fourth-order valence-electron chi connectivity index (χ4n) is 2.06. The van der Waals surface area contributed by atoms with Crippen molar-refractivity contribution in [2.24, 2.45) is 0 Å². The molecule has 2 aromatic heterocycles. The average molecular weight is 372 g/mol. The second-order valence-corrected chi connectivity index (χ2v) is 7.06. The Hall–Kier alpha value is -2.58. The molecular formula is C17H16N4O2S2. The number of H-pyrrole nitrogens is 1. The van der Waals surface area contributed by atoms with Crippen LogP contribution in [0.15, 0.2) is 59.2 Å². The normalized spacial score (nSPS) is 10.4. The first-order valence-corrected chi connectivity index (χ1v) is 9.40. The molecule has 1 aromatic carbocycles. The van der Waals surface area contributed by atoms with Crippen LogP contribution >= 0.6 is 23.1 Å². The Bertz CT molecular complexity index is 831. The number of nitrogens with zero attached hydrogens (tertiary/aromatic N) is 1. The van der Waals surface area contributed by atoms with Crippen molar-refractivity contribution < 1.29 is 9.59 Å². The number of thiophene rings is 1. The fourth-order valence-corrected chi connectivity index (χ4v) is 3.36. The lowest BCUT2D eigenvalue weighted by molar-refractivity contribution is -0.117. The van der Waals surface area contributed by atoms with Gasteiger partial charge in [-0.1, -0.05) is 48.2 Å². The molecule has 0 saturated heterocycles. The van der Waals surface area contributed by atoms with Gasteiger partial charge in [-0.15, -0.1) is 11.3 Å². The summed E-state index contributed by atoms with van der Waals surface area (Å²) in [5, 5.41) is 7.52. The van der Waals surface area contributed by atoms with Crippen LogP contribution in [-0.2, 0) is 11.3 Å². The number of imide groups is 1. The van der Waals surface area contributed by atoms with Gasteiger partial charge in [0.25, 0.3) is 0 Å². The predicted octanol–water partition coefficient (Wildman–Crippen LogP) is 3.26. The lowest BCUT2D eigenvalue weighted by atomic mass is 10.2. The zero-order valence-electron chi connectivity index (χ0n) is 13.2. The van der Waals surface area contributed by atoms with Crippen LogP contribution in [0, 0.1) is 0 Å². The summed E-state index contributed by atoms with van der Waals surface area (Å²) in [6.45, 7) is 0.405. The largest absolute Gasteiger partial charge is 0.333 e. The average Bonchev–Trinajstić information content (AvgIpc) is 3.31. The summed E-state index contributed by atoms with van der Waals surface area (Å²) in [5.41, 5.74) is 1.91. The maximum Gasteiger partial charge on any atom is 0.321 e. The summed E-state index contributed by atoms with van der Waals surface area (Å²) in [4.78, 5) is 31.9. The maximum absolute atomic E-state index is 11.8. The molecule has 0 bridgehead atoms. The molecule has 8 heteroatoms. The van der Waals surface area contributed by atoms with E-state index < -0.39 is 6.03 Å². The Kier molecular flexibility index (Phi) is 5.86. The molecule has 3 N–H and O–H groups in total. The number of carbonyl (C=O) groups excluding carboxylic acids is 2. The van der Waals surface area contributed by atoms with Crippen LogP contribution < -0.4 is 10.6 Å². The van der Waals surface area contributed by atoms with Gasteiger partial charge in [0, 0.05) is 4.88 Å². The third kappa shape index (κ3) is 5.20. The van der Waals surface area contributed by atoms with E-state index in [2.05, 4.69) is 20.6 Å². The minimum Gasteiger partial charge on any atom is -0.333 e. The first-order chi connectivity index (χ1) is 12.2. The molecule has 0 aliphatic heterocycles. The van der Waals surface area contributed by atoms with Crippen LogP contribution in [0.1, 0.15) is 4.88 Å². The van der Waals surface area contributed by atoms with Gasteiger partial charge < -0.3 is 10.3 Å². The van der Waals surface area contributed by atoms with Crippen LogP contribution in [0.4, 0.5) is 4.79 Å². The molecule has 0 unspecified atom stereocenters. The van der Waals surface area contributed by atoms with Gasteiger partial charge in [-0.2, -0.15) is 0 Å². The maximum atomic E-state index is 11.8. The number of carbonyl (C=O) groups is 2. The molecule has 0 spiro atoms. The Balaban J connectivity index is 1.43. The number of imidazole rings is 1. The highest BCUT2D eigenvalue weighted by Crippen LogP contribution is 2.20. The van der Waals surface area contributed by atoms with Crippen LogP contribution in [-0.4, -0.2) is 27.7 Å². The van der Waals surface area contributed by atoms with E-state index in [4.69, 9.17) is 0 Å². The minimum absolute atomic E-state index is 0.105. The quantitative estimate of drug-likeness (QED) is 0.580. The smallest absolute Gasteiger partial charge is 0.321 e. The Morgan fingerprint density at radius 3 is 2.76 bits per heavy atom. The van der Waals surface area contributed by atoms with Crippen molar-refractivity contribution in [3.05, 3.63) is 58.9 Å². The second kappa shape index (κ2) is 8.50. The van der Waals surface area contributed by atoms with Crippen LogP contribution in [0.5, 0.6) is 0 Å². The Labute approximate surface area is 153 Å². The lowest BCUT2D eigenvalue weighted by Crippen LogP contribution is -2.39. The summed E-state index contributed by atoms with van der Waals surface area (Å²) >= 11 is 2.79. The van der Waals surface area contributed by atoms with Crippen molar-refractivity contribution in [3.63, 3.8) is 0 Å². The number of hydrogen-bond acceptors (Lipinski definition) is 5. The highest BCUT2D eigenvalue weighted by molar-refractivity contribution is 7.99. The minimum atomic E-state index is -0.497. The van der Waals surface area contributed by atoms with E-state index in [1.807, 2.05) is 47.8 Å². The number of urea groups is 1. The molecule has 128 valence electrons. The summed E-state index contributed by atoms with van der Waals surface area (Å²) in [5.74, 6) is -0.264. The van der Waals surface area contributed by atoms with Gasteiger partial charge in [-0.3, -0.25) is 10.1 Å². The molecule has 0 radical (unpaired) electrons. The zero-order chi connectivity index (χ0) is 17.5. The van der Waals surface area contributed by atoms with Crippen molar-refractivity contribution >= 4 is 35.0 Å². The number of rotatable bonds is 6. The summed E-state index contributed by atoms with van der Waals surface area (Å²) < 4.78 is 0. The molecular weight excluding hydrogens is 356 g/mol. The van der Waals surface area contributed by atoms with Crippen LogP contribution in [0.2, 0.25) is 0 Å². The van der Waals surface area contributed by atoms with Crippen LogP contribution in [0.25, 0.3) is 11.3 Å². The van der Waals surface area contributed by atoms with E-state index in [-0.39, 0.29) is 11.7 Å². The van der Waals surface area contributed by atoms with Crippen molar-refractivity contribution in [2.45, 2.75) is 11.7 Å². The topological polar surface area (TPSA) is 86.9 Å². The third-order valence-electron chi connectivity index (χ3n) is 3.23. The van der Waals surface area contributed by atoms with E-state index in [1.165, 1.54) is 11.8 Å². The van der Waals surface area contributed by atoms with Gasteiger partial charge in [0.05, 0.1) is 24.2 Å². The summed E-state index contributed by atoms with van der Waals surface area (Å²) in [6.07, 6.45) is 1.73. The third-order valence-corrected chi connectivity index (χ3v) is 5.00. The van der Waals surface area contributed by atoms with E-state index in [0.717, 1.165) is 16.1 Å². The molecule has 0 aliphatic carbocycles. The van der Waals surface area contributed by atoms with E-state index in [0.29, 0.717) is 11.7 Å². The van der Waals surface area contributed by atoms with Crippen LogP contribution in [0.3, 0.4) is 0 Å². The van der Waals surface area contributed by atoms with Gasteiger partial charge in [-0.25, -0.2) is 9.78 Å². The number of amides is 3. The molecule has 25 heavy (non-hydrogen) atoms. The monoisotopic (exact) mass is 372 g/mol.